The summed E-state index contributed by atoms with van der Waals surface area (Å²) in [6.07, 6.45) is 1.42. The predicted molar refractivity (Wildman–Crippen MR) is 72.8 cm³/mol. The summed E-state index contributed by atoms with van der Waals surface area (Å²) in [6.45, 7) is 2.83. The zero-order valence-electron chi connectivity index (χ0n) is 11.0. The normalized spacial score (nSPS) is 17.2. The number of amidine groups is 1. The van der Waals surface area contributed by atoms with Crippen molar-refractivity contribution in [2.24, 2.45) is 10.9 Å². The minimum atomic E-state index is -0.231. The molecular formula is C12H17N5O3. The molecular weight excluding hydrogens is 262 g/mol. The Bertz CT molecular complexity index is 540. The van der Waals surface area contributed by atoms with Crippen LogP contribution in [0.1, 0.15) is 10.4 Å². The molecule has 0 atom stereocenters. The highest BCUT2D eigenvalue weighted by atomic mass is 16.4. The van der Waals surface area contributed by atoms with E-state index in [2.05, 4.69) is 10.1 Å². The van der Waals surface area contributed by atoms with Gasteiger partial charge in [0.15, 0.2) is 5.84 Å². The number of aromatic nitrogens is 1. The summed E-state index contributed by atoms with van der Waals surface area (Å²) in [4.78, 5) is 29.4. The zero-order chi connectivity index (χ0) is 14.5. The second-order valence-electron chi connectivity index (χ2n) is 4.60. The first-order valence-corrected chi connectivity index (χ1v) is 6.27. The maximum absolute atomic E-state index is 12.2. The highest BCUT2D eigenvalue weighted by Crippen LogP contribution is 2.07. The van der Waals surface area contributed by atoms with Crippen molar-refractivity contribution in [1.82, 2.24) is 14.8 Å². The lowest BCUT2D eigenvalue weighted by molar-refractivity contribution is 0.0652. The number of rotatable bonds is 3. The molecule has 0 saturated carbocycles. The number of piperazine rings is 1. The molecule has 108 valence electrons. The first-order valence-electron chi connectivity index (χ1n) is 6.27. The second-order valence-corrected chi connectivity index (χ2v) is 4.60. The number of H-pyrrole nitrogens is 1. The van der Waals surface area contributed by atoms with E-state index in [1.807, 2.05) is 4.90 Å². The van der Waals surface area contributed by atoms with Crippen LogP contribution in [0.3, 0.4) is 0 Å². The quantitative estimate of drug-likeness (QED) is 0.280. The Morgan fingerprint density at radius 3 is 2.60 bits per heavy atom. The highest BCUT2D eigenvalue weighted by molar-refractivity contribution is 5.94. The molecule has 1 aliphatic rings. The van der Waals surface area contributed by atoms with Crippen molar-refractivity contribution in [2.45, 2.75) is 0 Å². The third-order valence-electron chi connectivity index (χ3n) is 3.20. The van der Waals surface area contributed by atoms with Gasteiger partial charge >= 0.3 is 0 Å². The van der Waals surface area contributed by atoms with Gasteiger partial charge < -0.3 is 20.8 Å². The molecule has 1 aliphatic heterocycles. The molecule has 2 heterocycles. The van der Waals surface area contributed by atoms with Gasteiger partial charge in [0.1, 0.15) is 0 Å². The Hall–Kier alpha value is -2.35. The van der Waals surface area contributed by atoms with Crippen LogP contribution in [0.2, 0.25) is 0 Å². The number of nitrogens with two attached hydrogens (primary N) is 1. The number of pyridine rings is 1. The van der Waals surface area contributed by atoms with E-state index >= 15 is 0 Å². The molecule has 1 amide bonds. The maximum atomic E-state index is 12.2. The van der Waals surface area contributed by atoms with E-state index in [4.69, 9.17) is 10.9 Å². The second kappa shape index (κ2) is 6.20. The molecule has 0 aliphatic carbocycles. The van der Waals surface area contributed by atoms with Gasteiger partial charge in [0.25, 0.3) is 5.91 Å². The third kappa shape index (κ3) is 3.35. The first kappa shape index (κ1) is 14.1. The molecule has 1 saturated heterocycles. The van der Waals surface area contributed by atoms with Gasteiger partial charge in [-0.15, -0.1) is 0 Å². The van der Waals surface area contributed by atoms with Gasteiger partial charge in [-0.05, 0) is 6.07 Å². The number of carbonyl (C=O) groups is 1. The van der Waals surface area contributed by atoms with E-state index in [1.165, 1.54) is 18.3 Å². The number of nitrogens with zero attached hydrogens (tertiary/aromatic N) is 3. The number of hydrogen-bond acceptors (Lipinski definition) is 5. The van der Waals surface area contributed by atoms with Gasteiger partial charge in [0.05, 0.1) is 12.1 Å². The van der Waals surface area contributed by atoms with Crippen LogP contribution in [0.25, 0.3) is 0 Å². The van der Waals surface area contributed by atoms with Crippen LogP contribution in [-0.4, -0.2) is 64.5 Å². The predicted octanol–water partition coefficient (Wildman–Crippen LogP) is -1.12. The fourth-order valence-electron chi connectivity index (χ4n) is 2.10. The van der Waals surface area contributed by atoms with Crippen LogP contribution in [0, 0.1) is 0 Å². The summed E-state index contributed by atoms with van der Waals surface area (Å²) in [7, 11) is 0. The standard InChI is InChI=1S/C12H17N5O3/c13-10(15-20)8-16-3-5-17(6-4-16)12(19)9-1-2-11(18)14-7-9/h1-2,7,20H,3-6,8H2,(H2,13,15)(H,14,18). The van der Waals surface area contributed by atoms with Crippen molar-refractivity contribution >= 4 is 11.7 Å². The molecule has 0 radical (unpaired) electrons. The van der Waals surface area contributed by atoms with E-state index in [0.29, 0.717) is 38.3 Å². The van der Waals surface area contributed by atoms with Crippen molar-refractivity contribution in [2.75, 3.05) is 32.7 Å². The van der Waals surface area contributed by atoms with Gasteiger partial charge in [0.2, 0.25) is 5.56 Å². The molecule has 20 heavy (non-hydrogen) atoms. The fraction of sp³-hybridized carbons (Fsp3) is 0.417. The van der Waals surface area contributed by atoms with E-state index < -0.39 is 0 Å². The number of hydrogen-bond donors (Lipinski definition) is 3. The Morgan fingerprint density at radius 2 is 2.05 bits per heavy atom. The lowest BCUT2D eigenvalue weighted by Gasteiger charge is -2.34. The number of oxime groups is 1. The molecule has 1 aromatic heterocycles. The molecule has 8 nitrogen and oxygen atoms in total. The van der Waals surface area contributed by atoms with Crippen LogP contribution in [0.15, 0.2) is 28.3 Å². The van der Waals surface area contributed by atoms with Crippen molar-refractivity contribution in [3.63, 3.8) is 0 Å². The molecule has 4 N–H and O–H groups in total. The van der Waals surface area contributed by atoms with Gasteiger partial charge in [-0.25, -0.2) is 0 Å². The molecule has 8 heteroatoms. The molecule has 2 rings (SSSR count). The van der Waals surface area contributed by atoms with E-state index in [9.17, 15) is 9.59 Å². The minimum absolute atomic E-state index is 0.107. The van der Waals surface area contributed by atoms with Crippen molar-refractivity contribution in [3.8, 4) is 0 Å². The lowest BCUT2D eigenvalue weighted by atomic mass is 10.2. The van der Waals surface area contributed by atoms with E-state index in [0.717, 1.165) is 0 Å². The number of carbonyl (C=O) groups excluding carboxylic acids is 1. The summed E-state index contributed by atoms with van der Waals surface area (Å²) in [5.74, 6) is 0.0510. The molecule has 1 aromatic rings. The first-order chi connectivity index (χ1) is 9.60. The van der Waals surface area contributed by atoms with E-state index in [-0.39, 0.29) is 17.3 Å². The van der Waals surface area contributed by atoms with Gasteiger partial charge in [-0.1, -0.05) is 5.16 Å². The Morgan fingerprint density at radius 1 is 1.35 bits per heavy atom. The third-order valence-corrected chi connectivity index (χ3v) is 3.20. The fourth-order valence-corrected chi connectivity index (χ4v) is 2.10. The molecule has 0 spiro atoms. The SMILES string of the molecule is N/C(CN1CCN(C(=O)c2ccc(=O)[nH]c2)CC1)=N/O. The summed E-state index contributed by atoms with van der Waals surface area (Å²) < 4.78 is 0. The van der Waals surface area contributed by atoms with Crippen molar-refractivity contribution < 1.29 is 10.0 Å². The Labute approximate surface area is 115 Å². The van der Waals surface area contributed by atoms with E-state index in [1.54, 1.807) is 4.90 Å². The molecule has 0 bridgehead atoms. The summed E-state index contributed by atoms with van der Waals surface area (Å²) in [5, 5.41) is 11.5. The monoisotopic (exact) mass is 279 g/mol. The summed E-state index contributed by atoms with van der Waals surface area (Å²) in [5.41, 5.74) is 5.68. The number of amides is 1. The molecule has 0 unspecified atom stereocenters. The largest absolute Gasteiger partial charge is 0.409 e. The van der Waals surface area contributed by atoms with Crippen LogP contribution < -0.4 is 11.3 Å². The minimum Gasteiger partial charge on any atom is -0.409 e. The Kier molecular flexibility index (Phi) is 4.36. The van der Waals surface area contributed by atoms with Crippen molar-refractivity contribution in [3.05, 3.63) is 34.2 Å². The van der Waals surface area contributed by atoms with Crippen LogP contribution in [-0.2, 0) is 0 Å². The van der Waals surface area contributed by atoms with Gasteiger partial charge in [-0.2, -0.15) is 0 Å². The molecule has 1 fully saturated rings. The Balaban J connectivity index is 1.92. The summed E-state index contributed by atoms with van der Waals surface area (Å²) >= 11 is 0. The van der Waals surface area contributed by atoms with Gasteiger partial charge in [-0.3, -0.25) is 14.5 Å². The van der Waals surface area contributed by atoms with Crippen LogP contribution >= 0.6 is 0 Å². The van der Waals surface area contributed by atoms with Gasteiger partial charge in [0, 0.05) is 38.4 Å². The summed E-state index contributed by atoms with van der Waals surface area (Å²) in [6, 6.07) is 2.85. The smallest absolute Gasteiger partial charge is 0.255 e. The topological polar surface area (TPSA) is 115 Å². The van der Waals surface area contributed by atoms with Crippen LogP contribution in [0.4, 0.5) is 0 Å². The average molecular weight is 279 g/mol. The lowest BCUT2D eigenvalue weighted by Crippen LogP contribution is -2.50. The maximum Gasteiger partial charge on any atom is 0.255 e. The zero-order valence-corrected chi connectivity index (χ0v) is 11.0. The number of aromatic amines is 1. The van der Waals surface area contributed by atoms with Crippen LogP contribution in [0.5, 0.6) is 0 Å². The number of nitrogens with one attached hydrogen (secondary N) is 1. The van der Waals surface area contributed by atoms with Crippen molar-refractivity contribution in [1.29, 1.82) is 0 Å². The average Bonchev–Trinajstić information content (AvgIpc) is 2.48. The highest BCUT2D eigenvalue weighted by Gasteiger charge is 2.22. The molecule has 0 aromatic carbocycles.